The van der Waals surface area contributed by atoms with Crippen LogP contribution in [-0.4, -0.2) is 86.9 Å². The Labute approximate surface area is 190 Å². The molecule has 0 spiro atoms. The number of aliphatic carboxylic acids is 1. The molecule has 4 unspecified atom stereocenters. The summed E-state index contributed by atoms with van der Waals surface area (Å²) < 4.78 is 0. The van der Waals surface area contributed by atoms with Crippen LogP contribution in [0.2, 0.25) is 0 Å². The van der Waals surface area contributed by atoms with Gasteiger partial charge >= 0.3 is 5.97 Å². The maximum atomic E-state index is 12.6. The molecule has 32 heavy (non-hydrogen) atoms. The summed E-state index contributed by atoms with van der Waals surface area (Å²) in [7, 11) is 0. The minimum absolute atomic E-state index is 0.0405. The van der Waals surface area contributed by atoms with Gasteiger partial charge in [-0.3, -0.25) is 14.4 Å². The van der Waals surface area contributed by atoms with Gasteiger partial charge in [-0.05, 0) is 19.4 Å². The number of H-pyrrole nitrogens is 1. The number of carbonyl (C=O) groups is 4. The predicted molar refractivity (Wildman–Crippen MR) is 118 cm³/mol. The zero-order chi connectivity index (χ0) is 24.1. The number of thiol groups is 1. The monoisotopic (exact) mass is 473 g/mol. The molecular formula is C18H31N7O6S. The standard InChI is InChI=1S/C18H31N7O6S/c19-4-2-1-3-11(20)15(27)24-13(7-26)17(29)23-12(5-10-6-21-9-22-10)16(28)25-14(8-32)18(30)31/h6,9,11-14,26,32H,1-5,7-8,19-20H2,(H,21,22)(H,23,29)(H,24,27)(H,25,28)(H,30,31). The first-order chi connectivity index (χ1) is 15.2. The molecule has 0 aliphatic carbocycles. The number of carboxylic acid groups (broad SMARTS) is 1. The fourth-order valence-electron chi connectivity index (χ4n) is 2.67. The molecule has 0 saturated carbocycles. The third-order valence-corrected chi connectivity index (χ3v) is 4.90. The number of nitrogens with two attached hydrogens (primary N) is 2. The van der Waals surface area contributed by atoms with Gasteiger partial charge in [-0.2, -0.15) is 12.6 Å². The fourth-order valence-corrected chi connectivity index (χ4v) is 2.92. The summed E-state index contributed by atoms with van der Waals surface area (Å²) in [5, 5.41) is 25.8. The van der Waals surface area contributed by atoms with Gasteiger partial charge in [-0.25, -0.2) is 9.78 Å². The number of aromatic nitrogens is 2. The zero-order valence-electron chi connectivity index (χ0n) is 17.5. The van der Waals surface area contributed by atoms with E-state index in [2.05, 4.69) is 38.5 Å². The van der Waals surface area contributed by atoms with Gasteiger partial charge in [-0.15, -0.1) is 0 Å². The number of rotatable bonds is 15. The number of carboxylic acids is 1. The zero-order valence-corrected chi connectivity index (χ0v) is 18.4. The van der Waals surface area contributed by atoms with E-state index in [-0.39, 0.29) is 12.2 Å². The molecule has 1 heterocycles. The van der Waals surface area contributed by atoms with Crippen molar-refractivity contribution in [2.24, 2.45) is 11.5 Å². The maximum Gasteiger partial charge on any atom is 0.327 e. The van der Waals surface area contributed by atoms with Crippen molar-refractivity contribution >= 4 is 36.3 Å². The average molecular weight is 474 g/mol. The van der Waals surface area contributed by atoms with Crippen LogP contribution in [0.5, 0.6) is 0 Å². The van der Waals surface area contributed by atoms with Gasteiger partial charge in [0.1, 0.15) is 18.1 Å². The molecule has 0 bridgehead atoms. The van der Waals surface area contributed by atoms with E-state index in [1.807, 2.05) is 0 Å². The minimum atomic E-state index is -1.36. The summed E-state index contributed by atoms with van der Waals surface area (Å²) in [5.41, 5.74) is 11.7. The van der Waals surface area contributed by atoms with Gasteiger partial charge < -0.3 is 42.6 Å². The Morgan fingerprint density at radius 3 is 2.22 bits per heavy atom. The lowest BCUT2D eigenvalue weighted by atomic mass is 10.1. The number of aliphatic hydroxyl groups is 1. The fraction of sp³-hybridized carbons (Fsp3) is 0.611. The van der Waals surface area contributed by atoms with Crippen LogP contribution in [0.15, 0.2) is 12.5 Å². The molecule has 4 atom stereocenters. The highest BCUT2D eigenvalue weighted by atomic mass is 32.1. The predicted octanol–water partition coefficient (Wildman–Crippen LogP) is -3.13. The molecule has 10 N–H and O–H groups in total. The van der Waals surface area contributed by atoms with E-state index < -0.39 is 54.5 Å². The van der Waals surface area contributed by atoms with Crippen LogP contribution in [0.25, 0.3) is 0 Å². The summed E-state index contributed by atoms with van der Waals surface area (Å²) in [6, 6.07) is -4.74. The van der Waals surface area contributed by atoms with Gasteiger partial charge in [0.05, 0.1) is 19.0 Å². The third kappa shape index (κ3) is 9.21. The number of aliphatic hydroxyl groups excluding tert-OH is 1. The number of amides is 3. The van der Waals surface area contributed by atoms with Gasteiger partial charge in [0.2, 0.25) is 17.7 Å². The lowest BCUT2D eigenvalue weighted by Crippen LogP contribution is -2.58. The SMILES string of the molecule is NCCCCC(N)C(=O)NC(CO)C(=O)NC(Cc1cnc[nH]1)C(=O)NC(CS)C(=O)O. The van der Waals surface area contributed by atoms with Crippen molar-refractivity contribution in [1.29, 1.82) is 0 Å². The Bertz CT molecular complexity index is 748. The van der Waals surface area contributed by atoms with Crippen molar-refractivity contribution in [3.05, 3.63) is 18.2 Å². The third-order valence-electron chi connectivity index (χ3n) is 4.53. The average Bonchev–Trinajstić information content (AvgIpc) is 3.27. The van der Waals surface area contributed by atoms with E-state index >= 15 is 0 Å². The number of nitrogens with one attached hydrogen (secondary N) is 4. The number of aromatic amines is 1. The van der Waals surface area contributed by atoms with Gasteiger partial charge in [0, 0.05) is 24.1 Å². The molecule has 0 aliphatic heterocycles. The number of unbranched alkanes of at least 4 members (excludes halogenated alkanes) is 1. The van der Waals surface area contributed by atoms with E-state index in [0.29, 0.717) is 31.5 Å². The molecule has 0 radical (unpaired) electrons. The van der Waals surface area contributed by atoms with Gasteiger partial charge in [0.15, 0.2) is 0 Å². The molecule has 1 aromatic rings. The van der Waals surface area contributed by atoms with Crippen LogP contribution in [0.3, 0.4) is 0 Å². The summed E-state index contributed by atoms with van der Waals surface area (Å²) in [5.74, 6) is -3.71. The van der Waals surface area contributed by atoms with Crippen molar-refractivity contribution in [3.63, 3.8) is 0 Å². The Hall–Kier alpha value is -2.68. The lowest BCUT2D eigenvalue weighted by molar-refractivity contribution is -0.141. The molecule has 14 heteroatoms. The van der Waals surface area contributed by atoms with Crippen LogP contribution >= 0.6 is 12.6 Å². The smallest absolute Gasteiger partial charge is 0.327 e. The first kappa shape index (κ1) is 27.4. The summed E-state index contributed by atoms with van der Waals surface area (Å²) >= 11 is 3.89. The molecule has 3 amide bonds. The van der Waals surface area contributed by atoms with E-state index in [4.69, 9.17) is 16.6 Å². The first-order valence-corrected chi connectivity index (χ1v) is 10.6. The van der Waals surface area contributed by atoms with E-state index in [1.165, 1.54) is 12.5 Å². The second-order valence-corrected chi connectivity index (χ2v) is 7.42. The minimum Gasteiger partial charge on any atom is -0.480 e. The number of hydrogen-bond donors (Lipinski definition) is 9. The maximum absolute atomic E-state index is 12.6. The molecular weight excluding hydrogens is 442 g/mol. The van der Waals surface area contributed by atoms with Crippen molar-refractivity contribution in [2.45, 2.75) is 49.9 Å². The number of imidazole rings is 1. The molecule has 0 aromatic carbocycles. The summed E-state index contributed by atoms with van der Waals surface area (Å²) in [6.45, 7) is -0.272. The molecule has 0 saturated heterocycles. The highest BCUT2D eigenvalue weighted by Crippen LogP contribution is 2.03. The Morgan fingerprint density at radius 2 is 1.69 bits per heavy atom. The normalized spacial score (nSPS) is 14.6. The van der Waals surface area contributed by atoms with Crippen LogP contribution in [0.4, 0.5) is 0 Å². The Balaban J connectivity index is 2.84. The van der Waals surface area contributed by atoms with Crippen LogP contribution in [0, 0.1) is 0 Å². The highest BCUT2D eigenvalue weighted by molar-refractivity contribution is 7.80. The number of nitrogens with zero attached hydrogens (tertiary/aromatic N) is 1. The van der Waals surface area contributed by atoms with Gasteiger partial charge in [-0.1, -0.05) is 6.42 Å². The topological polar surface area (TPSA) is 226 Å². The highest BCUT2D eigenvalue weighted by Gasteiger charge is 2.30. The molecule has 0 fully saturated rings. The van der Waals surface area contributed by atoms with Crippen LogP contribution in [0.1, 0.15) is 25.0 Å². The van der Waals surface area contributed by atoms with Crippen LogP contribution in [-0.2, 0) is 25.6 Å². The van der Waals surface area contributed by atoms with E-state index in [1.54, 1.807) is 0 Å². The number of carbonyl (C=O) groups excluding carboxylic acids is 3. The van der Waals surface area contributed by atoms with Crippen molar-refractivity contribution in [2.75, 3.05) is 18.9 Å². The second-order valence-electron chi connectivity index (χ2n) is 7.06. The molecule has 0 aliphatic rings. The van der Waals surface area contributed by atoms with Crippen molar-refractivity contribution < 1.29 is 29.4 Å². The lowest BCUT2D eigenvalue weighted by Gasteiger charge is -2.24. The second kappa shape index (κ2) is 14.4. The van der Waals surface area contributed by atoms with E-state index in [0.717, 1.165) is 0 Å². The van der Waals surface area contributed by atoms with Crippen molar-refractivity contribution in [3.8, 4) is 0 Å². The van der Waals surface area contributed by atoms with E-state index in [9.17, 15) is 24.3 Å². The first-order valence-electron chi connectivity index (χ1n) is 10.0. The largest absolute Gasteiger partial charge is 0.480 e. The quantitative estimate of drug-likeness (QED) is 0.0925. The number of hydrogen-bond acceptors (Lipinski definition) is 9. The van der Waals surface area contributed by atoms with Gasteiger partial charge in [0.25, 0.3) is 0 Å². The molecule has 1 aromatic heterocycles. The summed E-state index contributed by atoms with van der Waals surface area (Å²) in [4.78, 5) is 55.3. The molecule has 1 rings (SSSR count). The van der Waals surface area contributed by atoms with Crippen molar-refractivity contribution in [1.82, 2.24) is 25.9 Å². The molecule has 13 nitrogen and oxygen atoms in total. The van der Waals surface area contributed by atoms with Crippen LogP contribution < -0.4 is 27.4 Å². The summed E-state index contributed by atoms with van der Waals surface area (Å²) in [6.07, 6.45) is 4.45. The Morgan fingerprint density at radius 1 is 1.06 bits per heavy atom. The molecule has 180 valence electrons. The Kier molecular flexibility index (Phi) is 12.3.